The Kier molecular flexibility index (Phi) is 18.0. The van der Waals surface area contributed by atoms with E-state index >= 15 is 0 Å². The van der Waals surface area contributed by atoms with Gasteiger partial charge in [-0.15, -0.1) is 0 Å². The van der Waals surface area contributed by atoms with Gasteiger partial charge < -0.3 is 30.6 Å². The van der Waals surface area contributed by atoms with Gasteiger partial charge in [-0.05, 0) is 0 Å². The number of hydrogen-bond acceptors (Lipinski definition) is 6. The van der Waals surface area contributed by atoms with Crippen LogP contribution in [0.3, 0.4) is 0 Å². The Balaban J connectivity index is -0.0000000720. The minimum atomic E-state index is -1.75. The summed E-state index contributed by atoms with van der Waals surface area (Å²) in [6.07, 6.45) is 0. The van der Waals surface area contributed by atoms with E-state index in [1.54, 1.807) is 0 Å². The molecule has 0 bridgehead atoms. The fourth-order valence-electron chi connectivity index (χ4n) is 0. The Morgan fingerprint density at radius 3 is 0.778 bits per heavy atom. The molecular weight excluding hydrogens is 333 g/mol. The van der Waals surface area contributed by atoms with Crippen molar-refractivity contribution in [3.8, 4) is 0 Å². The molecule has 8 nitrogen and oxygen atoms in total. The zero-order chi connectivity index (χ0) is 7.15. The molecule has 0 aromatic heterocycles. The van der Waals surface area contributed by atoms with Gasteiger partial charge in [0, 0.05) is 0 Å². The molecule has 0 fully saturated rings. The topological polar surface area (TPSA) is 132 Å². The molecule has 0 aromatic carbocycles. The fraction of sp³-hybridized carbons (Fsp3) is 0. The van der Waals surface area contributed by atoms with E-state index in [1.807, 2.05) is 0 Å². The van der Waals surface area contributed by atoms with Gasteiger partial charge in [-0.3, -0.25) is 0 Å². The summed E-state index contributed by atoms with van der Waals surface area (Å²) >= 11 is 0. The molecule has 0 rings (SSSR count). The van der Waals surface area contributed by atoms with E-state index in [9.17, 15) is 0 Å². The van der Waals surface area contributed by atoms with Gasteiger partial charge in [-0.1, -0.05) is 0 Å². The standard InChI is InChI=1S/Bi.2NO3.3H/c;2*2-1(3)4;;;/q;2*-1;;;. The van der Waals surface area contributed by atoms with Crippen LogP contribution in [0.25, 0.3) is 0 Å². The van der Waals surface area contributed by atoms with Crippen molar-refractivity contribution in [2.24, 2.45) is 0 Å². The summed E-state index contributed by atoms with van der Waals surface area (Å²) in [4.78, 5) is 16.5. The van der Waals surface area contributed by atoms with Gasteiger partial charge in [-0.25, -0.2) is 0 Å². The molecular formula is H3BiN2O6-2. The summed E-state index contributed by atoms with van der Waals surface area (Å²) in [7, 11) is 0. The molecule has 9 heteroatoms. The van der Waals surface area contributed by atoms with Crippen LogP contribution in [0.1, 0.15) is 0 Å². The maximum absolute atomic E-state index is 8.25. The van der Waals surface area contributed by atoms with Crippen molar-refractivity contribution < 1.29 is 10.2 Å². The zero-order valence-corrected chi connectivity index (χ0v) is 9.55. The third-order valence-corrected chi connectivity index (χ3v) is 0. The summed E-state index contributed by atoms with van der Waals surface area (Å²) < 4.78 is 0. The molecule has 0 amide bonds. The van der Waals surface area contributed by atoms with Crippen molar-refractivity contribution >= 4 is 26.2 Å². The van der Waals surface area contributed by atoms with Gasteiger partial charge in [0.1, 0.15) is 0 Å². The Bertz CT molecular complexity index is 69.1. The molecule has 0 saturated heterocycles. The van der Waals surface area contributed by atoms with Crippen molar-refractivity contribution in [1.82, 2.24) is 0 Å². The Morgan fingerprint density at radius 2 is 0.778 bits per heavy atom. The van der Waals surface area contributed by atoms with E-state index < -0.39 is 10.2 Å². The van der Waals surface area contributed by atoms with Crippen LogP contribution in [0.15, 0.2) is 0 Å². The summed E-state index contributed by atoms with van der Waals surface area (Å²) in [6, 6.07) is 0. The van der Waals surface area contributed by atoms with Gasteiger partial charge in [0.25, 0.3) is 0 Å². The third kappa shape index (κ3) is 396. The van der Waals surface area contributed by atoms with Crippen LogP contribution in [0.2, 0.25) is 0 Å². The van der Waals surface area contributed by atoms with Crippen LogP contribution in [0.4, 0.5) is 0 Å². The van der Waals surface area contributed by atoms with Crippen molar-refractivity contribution in [3.05, 3.63) is 30.6 Å². The van der Waals surface area contributed by atoms with Gasteiger partial charge in [0.2, 0.25) is 0 Å². The molecule has 0 spiro atoms. The average Bonchev–Trinajstić information content (AvgIpc) is 1.25. The van der Waals surface area contributed by atoms with Gasteiger partial charge >= 0.3 is 26.2 Å². The Hall–Kier alpha value is -0.717. The number of hydrogen-bond donors (Lipinski definition) is 0. The van der Waals surface area contributed by atoms with Crippen molar-refractivity contribution in [1.29, 1.82) is 0 Å². The van der Waals surface area contributed by atoms with Gasteiger partial charge in [-0.2, -0.15) is 0 Å². The average molecular weight is 336 g/mol. The molecule has 0 aliphatic rings. The molecule has 0 N–H and O–H groups in total. The molecule has 0 radical (unpaired) electrons. The van der Waals surface area contributed by atoms with Crippen molar-refractivity contribution in [3.63, 3.8) is 0 Å². The Labute approximate surface area is 67.4 Å². The summed E-state index contributed by atoms with van der Waals surface area (Å²) in [5.74, 6) is 0. The maximum atomic E-state index is 8.25. The van der Waals surface area contributed by atoms with Gasteiger partial charge in [0.15, 0.2) is 0 Å². The first-order valence-electron chi connectivity index (χ1n) is 1.10. The molecule has 0 aliphatic heterocycles. The molecule has 0 aromatic rings. The zero-order valence-electron chi connectivity index (χ0n) is 4.05. The molecule has 0 saturated carbocycles. The summed E-state index contributed by atoms with van der Waals surface area (Å²) in [6.45, 7) is 0. The Morgan fingerprint density at radius 1 is 0.778 bits per heavy atom. The van der Waals surface area contributed by atoms with E-state index in [-0.39, 0.29) is 26.2 Å². The summed E-state index contributed by atoms with van der Waals surface area (Å²) in [5, 5.41) is 29.5. The first-order chi connectivity index (χ1) is 3.46. The van der Waals surface area contributed by atoms with E-state index in [0.29, 0.717) is 0 Å². The number of rotatable bonds is 0. The van der Waals surface area contributed by atoms with Crippen LogP contribution < -0.4 is 0 Å². The molecule has 0 heterocycles. The fourth-order valence-corrected chi connectivity index (χ4v) is 0. The molecule has 0 unspecified atom stereocenters. The van der Waals surface area contributed by atoms with E-state index in [4.69, 9.17) is 30.6 Å². The van der Waals surface area contributed by atoms with Crippen LogP contribution in [-0.2, 0) is 0 Å². The van der Waals surface area contributed by atoms with Crippen LogP contribution in [0.5, 0.6) is 0 Å². The predicted octanol–water partition coefficient (Wildman–Crippen LogP) is -1.66. The molecule has 0 atom stereocenters. The van der Waals surface area contributed by atoms with E-state index in [0.717, 1.165) is 0 Å². The van der Waals surface area contributed by atoms with Crippen LogP contribution >= 0.6 is 0 Å². The molecule has 0 aliphatic carbocycles. The minimum absolute atomic E-state index is 0. The summed E-state index contributed by atoms with van der Waals surface area (Å²) in [5.41, 5.74) is 0. The predicted molar refractivity (Wildman–Crippen MR) is 30.7 cm³/mol. The monoisotopic (exact) mass is 336 g/mol. The van der Waals surface area contributed by atoms with Crippen molar-refractivity contribution in [2.75, 3.05) is 0 Å². The first-order valence-corrected chi connectivity index (χ1v) is 1.10. The normalized spacial score (nSPS) is 5.33. The second-order valence-electron chi connectivity index (χ2n) is 0.447. The second kappa shape index (κ2) is 10.3. The van der Waals surface area contributed by atoms with E-state index in [2.05, 4.69) is 0 Å². The van der Waals surface area contributed by atoms with Crippen molar-refractivity contribution in [2.45, 2.75) is 0 Å². The molecule has 56 valence electrons. The van der Waals surface area contributed by atoms with Crippen LogP contribution in [0, 0.1) is 30.6 Å². The molecule has 9 heavy (non-hydrogen) atoms. The van der Waals surface area contributed by atoms with E-state index in [1.165, 1.54) is 0 Å². The number of nitrogens with zero attached hydrogens (tertiary/aromatic N) is 2. The quantitative estimate of drug-likeness (QED) is 0.295. The SMILES string of the molecule is O=[N+]([O-])[O-].O=[N+]([O-])[O-].[BiH3]. The third-order valence-electron chi connectivity index (χ3n) is 0. The van der Waals surface area contributed by atoms with Crippen LogP contribution in [-0.4, -0.2) is 36.4 Å². The first kappa shape index (κ1) is 15.7. The second-order valence-corrected chi connectivity index (χ2v) is 0.447. The van der Waals surface area contributed by atoms with Gasteiger partial charge in [0.05, 0.1) is 10.2 Å².